The molecule has 0 amide bonds. The summed E-state index contributed by atoms with van der Waals surface area (Å²) in [6.07, 6.45) is 0. The predicted molar refractivity (Wildman–Crippen MR) is 81.3 cm³/mol. The van der Waals surface area contributed by atoms with Crippen molar-refractivity contribution in [1.82, 2.24) is 5.32 Å². The first-order valence-corrected chi connectivity index (χ1v) is 6.86. The molecule has 0 fully saturated rings. The Morgan fingerprint density at radius 3 is 2.70 bits per heavy atom. The minimum absolute atomic E-state index is 0.0471. The Morgan fingerprint density at radius 2 is 2.20 bits per heavy atom. The number of hydrogen-bond acceptors (Lipinski definition) is 4. The number of hydrogen-bond donors (Lipinski definition) is 3. The van der Waals surface area contributed by atoms with E-state index < -0.39 is 0 Å². The molecule has 0 saturated heterocycles. The van der Waals surface area contributed by atoms with Gasteiger partial charge in [0.2, 0.25) is 0 Å². The molecule has 1 unspecified atom stereocenters. The molecule has 0 radical (unpaired) electrons. The molecule has 1 rings (SSSR count). The molecule has 0 spiro atoms. The molecule has 0 bridgehead atoms. The van der Waals surface area contributed by atoms with Gasteiger partial charge in [0.25, 0.3) is 0 Å². The molecule has 0 heterocycles. The van der Waals surface area contributed by atoms with Gasteiger partial charge in [-0.15, -0.1) is 0 Å². The summed E-state index contributed by atoms with van der Waals surface area (Å²) >= 11 is 6.21. The summed E-state index contributed by atoms with van der Waals surface area (Å²) in [4.78, 5) is 0. The zero-order valence-corrected chi connectivity index (χ0v) is 12.8. The summed E-state index contributed by atoms with van der Waals surface area (Å²) in [5.41, 5.74) is 7.08. The molecule has 0 aromatic heterocycles. The predicted octanol–water partition coefficient (Wildman–Crippen LogP) is 2.20. The Kier molecular flexibility index (Phi) is 6.78. The highest BCUT2D eigenvalue weighted by molar-refractivity contribution is 6.31. The molecular weight excluding hydrogens is 278 g/mol. The van der Waals surface area contributed by atoms with Crippen LogP contribution in [0.1, 0.15) is 25.0 Å². The Bertz CT molecular complexity index is 464. The number of ether oxygens (including phenoxy) is 1. The maximum atomic E-state index is 8.64. The first-order chi connectivity index (χ1) is 9.49. The highest BCUT2D eigenvalue weighted by Crippen LogP contribution is 2.18. The number of oxime groups is 1. The van der Waals surface area contributed by atoms with E-state index in [1.165, 1.54) is 0 Å². The van der Waals surface area contributed by atoms with Gasteiger partial charge >= 0.3 is 0 Å². The molecular formula is C14H22ClN3O2. The average molecular weight is 300 g/mol. The van der Waals surface area contributed by atoms with Crippen molar-refractivity contribution >= 4 is 17.4 Å². The highest BCUT2D eigenvalue weighted by atomic mass is 35.5. The van der Waals surface area contributed by atoms with E-state index in [0.717, 1.165) is 5.56 Å². The van der Waals surface area contributed by atoms with Gasteiger partial charge in [-0.3, -0.25) is 0 Å². The van der Waals surface area contributed by atoms with Gasteiger partial charge in [0, 0.05) is 30.3 Å². The summed E-state index contributed by atoms with van der Waals surface area (Å²) in [7, 11) is 1.69. The number of amidine groups is 1. The van der Waals surface area contributed by atoms with Gasteiger partial charge in [0.05, 0.1) is 6.61 Å². The van der Waals surface area contributed by atoms with Crippen LogP contribution in [0.25, 0.3) is 0 Å². The molecule has 4 N–H and O–H groups in total. The van der Waals surface area contributed by atoms with Crippen molar-refractivity contribution < 1.29 is 9.94 Å². The lowest BCUT2D eigenvalue weighted by Gasteiger charge is -2.22. The Labute approximate surface area is 124 Å². The van der Waals surface area contributed by atoms with Crippen LogP contribution in [-0.2, 0) is 11.3 Å². The fraction of sp³-hybridized carbons (Fsp3) is 0.500. The lowest BCUT2D eigenvalue weighted by atomic mass is 10.0. The van der Waals surface area contributed by atoms with E-state index in [4.69, 9.17) is 27.3 Å². The molecule has 0 saturated carbocycles. The lowest BCUT2D eigenvalue weighted by molar-refractivity contribution is 0.146. The minimum Gasteiger partial charge on any atom is -0.409 e. The van der Waals surface area contributed by atoms with E-state index in [2.05, 4.69) is 24.3 Å². The maximum Gasteiger partial charge on any atom is 0.170 e. The van der Waals surface area contributed by atoms with E-state index in [-0.39, 0.29) is 11.9 Å². The fourth-order valence-electron chi connectivity index (χ4n) is 1.82. The van der Waals surface area contributed by atoms with E-state index in [1.54, 1.807) is 19.2 Å². The quantitative estimate of drug-likeness (QED) is 0.312. The van der Waals surface area contributed by atoms with Crippen LogP contribution in [0.4, 0.5) is 0 Å². The van der Waals surface area contributed by atoms with Crippen LogP contribution in [0.15, 0.2) is 23.4 Å². The third-order valence-electron chi connectivity index (χ3n) is 3.16. The topological polar surface area (TPSA) is 79.9 Å². The molecule has 0 aliphatic carbocycles. The third kappa shape index (κ3) is 4.67. The molecule has 20 heavy (non-hydrogen) atoms. The average Bonchev–Trinajstić information content (AvgIpc) is 2.43. The summed E-state index contributed by atoms with van der Waals surface area (Å²) < 4.78 is 5.19. The molecule has 1 aromatic carbocycles. The zero-order valence-electron chi connectivity index (χ0n) is 12.1. The zero-order chi connectivity index (χ0) is 15.1. The van der Waals surface area contributed by atoms with Crippen LogP contribution in [0.3, 0.4) is 0 Å². The number of halogens is 1. The van der Waals surface area contributed by atoms with Crippen molar-refractivity contribution in [2.24, 2.45) is 16.8 Å². The van der Waals surface area contributed by atoms with Crippen molar-refractivity contribution in [2.75, 3.05) is 13.7 Å². The van der Waals surface area contributed by atoms with Crippen LogP contribution in [0, 0.1) is 5.92 Å². The van der Waals surface area contributed by atoms with E-state index in [9.17, 15) is 0 Å². The Hall–Kier alpha value is -1.30. The number of benzene rings is 1. The van der Waals surface area contributed by atoms with Gasteiger partial charge in [0.1, 0.15) is 0 Å². The van der Waals surface area contributed by atoms with E-state index in [0.29, 0.717) is 29.7 Å². The van der Waals surface area contributed by atoms with Crippen molar-refractivity contribution in [3.63, 3.8) is 0 Å². The van der Waals surface area contributed by atoms with E-state index in [1.807, 2.05) is 6.07 Å². The summed E-state index contributed by atoms with van der Waals surface area (Å²) in [6, 6.07) is 5.60. The highest BCUT2D eigenvalue weighted by Gasteiger charge is 2.13. The number of nitrogens with two attached hydrogens (primary N) is 1. The molecule has 1 atom stereocenters. The molecule has 112 valence electrons. The molecule has 5 nitrogen and oxygen atoms in total. The minimum atomic E-state index is 0.0471. The summed E-state index contributed by atoms with van der Waals surface area (Å²) in [5, 5.41) is 15.6. The van der Waals surface area contributed by atoms with Crippen molar-refractivity contribution in [3.05, 3.63) is 34.3 Å². The van der Waals surface area contributed by atoms with Crippen LogP contribution in [0.2, 0.25) is 5.02 Å². The van der Waals surface area contributed by atoms with Crippen molar-refractivity contribution in [2.45, 2.75) is 26.4 Å². The first kappa shape index (κ1) is 16.8. The van der Waals surface area contributed by atoms with Crippen molar-refractivity contribution in [1.29, 1.82) is 0 Å². The second-order valence-corrected chi connectivity index (χ2v) is 5.39. The van der Waals surface area contributed by atoms with Crippen LogP contribution < -0.4 is 11.1 Å². The van der Waals surface area contributed by atoms with Gasteiger partial charge in [-0.05, 0) is 17.5 Å². The summed E-state index contributed by atoms with van der Waals surface area (Å²) in [6.45, 7) is 5.57. The SMILES string of the molecule is COCC(NCc1ccc(/C(N)=N/O)cc1Cl)C(C)C. The molecule has 0 aliphatic heterocycles. The monoisotopic (exact) mass is 299 g/mol. The van der Waals surface area contributed by atoms with Crippen LogP contribution in [0.5, 0.6) is 0 Å². The van der Waals surface area contributed by atoms with E-state index >= 15 is 0 Å². The fourth-order valence-corrected chi connectivity index (χ4v) is 2.06. The van der Waals surface area contributed by atoms with Gasteiger partial charge in [0.15, 0.2) is 5.84 Å². The smallest absolute Gasteiger partial charge is 0.170 e. The second-order valence-electron chi connectivity index (χ2n) is 4.98. The van der Waals surface area contributed by atoms with Crippen LogP contribution >= 0.6 is 11.6 Å². The Morgan fingerprint density at radius 1 is 1.50 bits per heavy atom. The normalized spacial score (nSPS) is 13.8. The summed E-state index contributed by atoms with van der Waals surface area (Å²) in [5.74, 6) is 0.510. The number of methoxy groups -OCH3 is 1. The number of nitrogens with one attached hydrogen (secondary N) is 1. The van der Waals surface area contributed by atoms with Gasteiger partial charge in [-0.25, -0.2) is 0 Å². The van der Waals surface area contributed by atoms with Gasteiger partial charge in [-0.2, -0.15) is 0 Å². The first-order valence-electron chi connectivity index (χ1n) is 6.48. The number of nitrogens with zero attached hydrogens (tertiary/aromatic N) is 1. The van der Waals surface area contributed by atoms with Gasteiger partial charge in [-0.1, -0.05) is 42.7 Å². The second kappa shape index (κ2) is 8.09. The Balaban J connectivity index is 2.73. The van der Waals surface area contributed by atoms with Crippen molar-refractivity contribution in [3.8, 4) is 0 Å². The standard InChI is InChI=1S/C14H22ClN3O2/c1-9(2)13(8-20-3)17-7-11-5-4-10(6-12(11)15)14(16)18-19/h4-6,9,13,17,19H,7-8H2,1-3H3,(H2,16,18). The molecule has 6 heteroatoms. The van der Waals surface area contributed by atoms with Gasteiger partial charge < -0.3 is 21.0 Å². The largest absolute Gasteiger partial charge is 0.409 e. The lowest BCUT2D eigenvalue weighted by Crippen LogP contribution is -2.37. The third-order valence-corrected chi connectivity index (χ3v) is 3.51. The maximum absolute atomic E-state index is 8.64. The molecule has 1 aromatic rings. The number of rotatable bonds is 7. The molecule has 0 aliphatic rings. The van der Waals surface area contributed by atoms with Crippen LogP contribution in [-0.4, -0.2) is 30.8 Å².